The number of amides is 1. The first kappa shape index (κ1) is 13.5. The molecule has 1 aromatic rings. The van der Waals surface area contributed by atoms with Gasteiger partial charge in [0.1, 0.15) is 0 Å². The molecule has 0 aliphatic heterocycles. The van der Waals surface area contributed by atoms with Crippen LogP contribution in [0.5, 0.6) is 0 Å². The summed E-state index contributed by atoms with van der Waals surface area (Å²) in [6.45, 7) is 2.27. The Morgan fingerprint density at radius 3 is 2.78 bits per heavy atom. The predicted molar refractivity (Wildman–Crippen MR) is 73.7 cm³/mol. The minimum Gasteiger partial charge on any atom is -0.346 e. The molecule has 1 N–H and O–H groups in total. The highest BCUT2D eigenvalue weighted by Crippen LogP contribution is 2.33. The van der Waals surface area contributed by atoms with Crippen LogP contribution in [0.25, 0.3) is 0 Å². The molecule has 0 spiro atoms. The zero-order valence-corrected chi connectivity index (χ0v) is 12.1. The third-order valence-corrected chi connectivity index (χ3v) is 4.79. The molecule has 0 bridgehead atoms. The molecular formula is C13H18BrN3O. The maximum absolute atomic E-state index is 12.2. The van der Waals surface area contributed by atoms with Gasteiger partial charge in [0.15, 0.2) is 0 Å². The fourth-order valence-corrected chi connectivity index (χ4v) is 3.05. The maximum Gasteiger partial charge on any atom is 0.253 e. The van der Waals surface area contributed by atoms with Crippen LogP contribution in [0.3, 0.4) is 0 Å². The van der Waals surface area contributed by atoms with Gasteiger partial charge in [-0.1, -0.05) is 22.9 Å². The number of alkyl halides is 1. The molecule has 0 unspecified atom stereocenters. The Morgan fingerprint density at radius 1 is 1.50 bits per heavy atom. The van der Waals surface area contributed by atoms with Gasteiger partial charge in [-0.05, 0) is 37.7 Å². The van der Waals surface area contributed by atoms with Gasteiger partial charge in [0, 0.05) is 5.33 Å². The molecule has 0 aromatic carbocycles. The predicted octanol–water partition coefficient (Wildman–Crippen LogP) is 2.55. The Balaban J connectivity index is 2.05. The summed E-state index contributed by atoms with van der Waals surface area (Å²) in [7, 11) is 0. The van der Waals surface area contributed by atoms with Crippen LogP contribution in [-0.2, 0) is 0 Å². The van der Waals surface area contributed by atoms with Crippen molar-refractivity contribution in [2.45, 2.75) is 38.1 Å². The van der Waals surface area contributed by atoms with Crippen molar-refractivity contribution < 1.29 is 4.79 Å². The second-order valence-electron chi connectivity index (χ2n) is 5.18. The summed E-state index contributed by atoms with van der Waals surface area (Å²) in [5.41, 5.74) is 0.469. The molecule has 2 rings (SSSR count). The SMILES string of the molecule is CC1CCC(CBr)(NC(=O)c2ccnnc2)CC1. The van der Waals surface area contributed by atoms with Gasteiger partial charge in [0.2, 0.25) is 0 Å². The smallest absolute Gasteiger partial charge is 0.253 e. The van der Waals surface area contributed by atoms with Gasteiger partial charge in [-0.25, -0.2) is 0 Å². The van der Waals surface area contributed by atoms with Crippen molar-refractivity contribution in [2.75, 3.05) is 5.33 Å². The number of hydrogen-bond acceptors (Lipinski definition) is 3. The van der Waals surface area contributed by atoms with Crippen LogP contribution in [0, 0.1) is 5.92 Å². The van der Waals surface area contributed by atoms with E-state index in [9.17, 15) is 4.79 Å². The molecule has 5 heteroatoms. The van der Waals surface area contributed by atoms with Crippen LogP contribution in [-0.4, -0.2) is 27.0 Å². The summed E-state index contributed by atoms with van der Waals surface area (Å²) < 4.78 is 0. The molecule has 0 saturated heterocycles. The second-order valence-corrected chi connectivity index (χ2v) is 5.74. The van der Waals surface area contributed by atoms with Crippen molar-refractivity contribution in [2.24, 2.45) is 5.92 Å². The van der Waals surface area contributed by atoms with Crippen LogP contribution in [0.15, 0.2) is 18.5 Å². The lowest BCUT2D eigenvalue weighted by Crippen LogP contribution is -2.52. The summed E-state index contributed by atoms with van der Waals surface area (Å²) in [5.74, 6) is 0.704. The maximum atomic E-state index is 12.2. The van der Waals surface area contributed by atoms with Crippen LogP contribution < -0.4 is 5.32 Å². The van der Waals surface area contributed by atoms with Crippen LogP contribution in [0.4, 0.5) is 0 Å². The Labute approximate surface area is 116 Å². The van der Waals surface area contributed by atoms with Gasteiger partial charge >= 0.3 is 0 Å². The zero-order valence-electron chi connectivity index (χ0n) is 10.5. The minimum absolute atomic E-state index is 0.0566. The second kappa shape index (κ2) is 5.78. The van der Waals surface area contributed by atoms with Gasteiger partial charge < -0.3 is 5.32 Å². The average Bonchev–Trinajstić information content (AvgIpc) is 2.43. The van der Waals surface area contributed by atoms with E-state index in [0.29, 0.717) is 5.56 Å². The van der Waals surface area contributed by atoms with Crippen molar-refractivity contribution in [3.8, 4) is 0 Å². The molecule has 0 atom stereocenters. The normalized spacial score (nSPS) is 27.8. The summed E-state index contributed by atoms with van der Waals surface area (Å²) in [6, 6.07) is 1.69. The molecule has 4 nitrogen and oxygen atoms in total. The van der Waals surface area contributed by atoms with Gasteiger partial charge in [-0.3, -0.25) is 4.79 Å². The minimum atomic E-state index is -0.104. The number of nitrogens with zero attached hydrogens (tertiary/aromatic N) is 2. The quantitative estimate of drug-likeness (QED) is 0.873. The molecule has 1 aliphatic rings. The summed E-state index contributed by atoms with van der Waals surface area (Å²) >= 11 is 3.55. The average molecular weight is 312 g/mol. The lowest BCUT2D eigenvalue weighted by atomic mass is 9.78. The Bertz CT molecular complexity index is 402. The highest BCUT2D eigenvalue weighted by Gasteiger charge is 2.34. The van der Waals surface area contributed by atoms with E-state index in [-0.39, 0.29) is 11.4 Å². The number of aromatic nitrogens is 2. The molecular weight excluding hydrogens is 294 g/mol. The van der Waals surface area contributed by atoms with Crippen LogP contribution >= 0.6 is 15.9 Å². The zero-order chi connectivity index (χ0) is 13.0. The third kappa shape index (κ3) is 3.07. The number of carbonyl (C=O) groups excluding carboxylic acids is 1. The summed E-state index contributed by atoms with van der Waals surface area (Å²) in [6.07, 6.45) is 7.44. The molecule has 18 heavy (non-hydrogen) atoms. The highest BCUT2D eigenvalue weighted by molar-refractivity contribution is 9.09. The van der Waals surface area contributed by atoms with E-state index < -0.39 is 0 Å². The first-order valence-electron chi connectivity index (χ1n) is 6.30. The lowest BCUT2D eigenvalue weighted by molar-refractivity contribution is 0.0874. The Morgan fingerprint density at radius 2 is 2.22 bits per heavy atom. The van der Waals surface area contributed by atoms with Crippen LogP contribution in [0.2, 0.25) is 0 Å². The van der Waals surface area contributed by atoms with Gasteiger partial charge in [-0.2, -0.15) is 10.2 Å². The molecule has 0 radical (unpaired) electrons. The highest BCUT2D eigenvalue weighted by atomic mass is 79.9. The Hall–Kier alpha value is -0.970. The van der Waals surface area contributed by atoms with E-state index in [4.69, 9.17) is 0 Å². The standard InChI is InChI=1S/C13H18BrN3O/c1-10-2-5-13(9-14,6-3-10)17-12(18)11-4-7-15-16-8-11/h4,7-8,10H,2-3,5-6,9H2,1H3,(H,17,18). The third-order valence-electron chi connectivity index (χ3n) is 3.71. The topological polar surface area (TPSA) is 54.9 Å². The monoisotopic (exact) mass is 311 g/mol. The van der Waals surface area contributed by atoms with Crippen molar-refractivity contribution in [3.63, 3.8) is 0 Å². The Kier molecular flexibility index (Phi) is 4.32. The van der Waals surface area contributed by atoms with E-state index >= 15 is 0 Å². The first-order valence-corrected chi connectivity index (χ1v) is 7.42. The lowest BCUT2D eigenvalue weighted by Gasteiger charge is -2.38. The summed E-state index contributed by atoms with van der Waals surface area (Å²) in [4.78, 5) is 12.2. The van der Waals surface area contributed by atoms with E-state index in [1.807, 2.05) is 0 Å². The fourth-order valence-electron chi connectivity index (χ4n) is 2.34. The van der Waals surface area contributed by atoms with Crippen LogP contribution in [0.1, 0.15) is 43.0 Å². The van der Waals surface area contributed by atoms with Crippen molar-refractivity contribution in [3.05, 3.63) is 24.0 Å². The van der Waals surface area contributed by atoms with Crippen molar-refractivity contribution >= 4 is 21.8 Å². The molecule has 1 saturated carbocycles. The first-order chi connectivity index (χ1) is 8.65. The number of nitrogens with one attached hydrogen (secondary N) is 1. The van der Waals surface area contributed by atoms with Gasteiger partial charge in [0.05, 0.1) is 23.5 Å². The molecule has 1 amide bonds. The number of halogens is 1. The number of hydrogen-bond donors (Lipinski definition) is 1. The number of rotatable bonds is 3. The molecule has 1 aliphatic carbocycles. The molecule has 98 valence electrons. The van der Waals surface area contributed by atoms with Gasteiger partial charge in [-0.15, -0.1) is 0 Å². The van der Waals surface area contributed by atoms with Gasteiger partial charge in [0.25, 0.3) is 5.91 Å². The number of carbonyl (C=O) groups is 1. The summed E-state index contributed by atoms with van der Waals surface area (Å²) in [5, 5.41) is 11.4. The van der Waals surface area contributed by atoms with E-state index in [0.717, 1.165) is 24.1 Å². The molecule has 1 heterocycles. The van der Waals surface area contributed by atoms with E-state index in [1.54, 1.807) is 12.3 Å². The van der Waals surface area contributed by atoms with E-state index in [2.05, 4.69) is 38.4 Å². The molecule has 1 aromatic heterocycles. The largest absolute Gasteiger partial charge is 0.346 e. The van der Waals surface area contributed by atoms with Crippen molar-refractivity contribution in [1.82, 2.24) is 15.5 Å². The fraction of sp³-hybridized carbons (Fsp3) is 0.615. The van der Waals surface area contributed by atoms with Crippen molar-refractivity contribution in [1.29, 1.82) is 0 Å². The molecule has 1 fully saturated rings. The van der Waals surface area contributed by atoms with E-state index in [1.165, 1.54) is 19.0 Å².